The average Bonchev–Trinajstić information content (AvgIpc) is 1.00. The van der Waals surface area contributed by atoms with Gasteiger partial charge < -0.3 is 21.9 Å². The van der Waals surface area contributed by atoms with E-state index in [4.69, 9.17) is 4.66 Å². The molecule has 50 valence electrons. The van der Waals surface area contributed by atoms with Crippen molar-refractivity contribution in [3.8, 4) is 0 Å². The number of rotatable bonds is 0. The first-order valence-electron chi connectivity index (χ1n) is 0.169. The van der Waals surface area contributed by atoms with E-state index in [0.29, 0.717) is 0 Å². The zero-order valence-corrected chi connectivity index (χ0v) is 3.58. The van der Waals surface area contributed by atoms with Crippen LogP contribution in [0.1, 0.15) is 0 Å². The Bertz CT molecular complexity index is 8.04. The molecule has 5 nitrogen and oxygen atoms in total. The molecule has 0 radical (unpaired) electrons. The Morgan fingerprint density at radius 1 is 0.714 bits per heavy atom. The van der Waals surface area contributed by atoms with Gasteiger partial charge in [0, 0.05) is 0 Å². The zero-order chi connectivity index (χ0) is 2.00. The van der Waals surface area contributed by atoms with Gasteiger partial charge in [-0.15, -0.1) is 0 Å². The third-order valence-electron chi connectivity index (χ3n) is 0. The van der Waals surface area contributed by atoms with E-state index in [-0.39, 0.29) is 59.6 Å². The first kappa shape index (κ1) is 81.7. The van der Waals surface area contributed by atoms with Crippen LogP contribution in [0, 0.1) is 0 Å². The molecule has 0 aliphatic rings. The summed E-state index contributed by atoms with van der Waals surface area (Å²) in [4.78, 5) is 0. The normalized spacial score (nSPS) is 0.857. The fourth-order valence-electron chi connectivity index (χ4n) is 0. The van der Waals surface area contributed by atoms with Crippen molar-refractivity contribution in [2.75, 3.05) is 0 Å². The van der Waals surface area contributed by atoms with Crippen LogP contribution in [0.4, 0.5) is 0 Å². The van der Waals surface area contributed by atoms with Crippen LogP contribution in [0.2, 0.25) is 0 Å². The Labute approximate surface area is 75.7 Å². The minimum atomic E-state index is 0. The molecule has 0 spiro atoms. The molecule has 0 aromatic heterocycles. The molecule has 0 aromatic carbocycles. The van der Waals surface area contributed by atoms with Crippen LogP contribution in [-0.4, -0.2) is 64.3 Å². The number of hydrogen-bond donors (Lipinski definition) is 1. The molecule has 0 rings (SSSR count). The van der Waals surface area contributed by atoms with Gasteiger partial charge in [0.2, 0.25) is 0 Å². The fraction of sp³-hybridized carbons (Fsp3) is 0. The van der Waals surface area contributed by atoms with Gasteiger partial charge in [0.1, 0.15) is 0 Å². The van der Waals surface area contributed by atoms with E-state index in [0.717, 1.165) is 0 Å². The molecule has 7 heteroatoms. The second kappa shape index (κ2) is 163. The number of halogens is 1. The molecule has 7 heavy (non-hydrogen) atoms. The molecule has 0 atom stereocenters. The van der Waals surface area contributed by atoms with E-state index in [1.165, 1.54) is 0 Å². The Hall–Kier alpha value is 1.35. The number of hydrogen-bond acceptors (Lipinski definition) is 1. The maximum atomic E-state index is 6.47. The van der Waals surface area contributed by atoms with Gasteiger partial charge in [0.25, 0.3) is 0 Å². The van der Waals surface area contributed by atoms with Crippen LogP contribution < -0.4 is 0 Å². The van der Waals surface area contributed by atoms with Crippen molar-refractivity contribution >= 4 is 49.6 Å². The Balaban J connectivity index is -0.000000000500. The molecule has 0 bridgehead atoms. The van der Waals surface area contributed by atoms with Gasteiger partial charge in [-0.25, -0.2) is 0 Å². The molecule has 0 amide bonds. The van der Waals surface area contributed by atoms with Gasteiger partial charge in [-0.05, 0) is 0 Å². The van der Waals surface area contributed by atoms with E-state index in [1.54, 1.807) is 0 Å². The first-order valence-corrected chi connectivity index (χ1v) is 0.507. The van der Waals surface area contributed by atoms with Crippen molar-refractivity contribution < 1.29 is 26.6 Å². The Morgan fingerprint density at radius 2 is 0.714 bits per heavy atom. The zero-order valence-electron chi connectivity index (χ0n) is 2.83. The van der Waals surface area contributed by atoms with E-state index in [1.807, 2.05) is 0 Å². The van der Waals surface area contributed by atoms with Gasteiger partial charge >= 0.3 is 37.7 Å². The molecule has 0 aliphatic carbocycles. The summed E-state index contributed by atoms with van der Waals surface area (Å²) < 4.78 is 6.47. The van der Waals surface area contributed by atoms with Gasteiger partial charge in [0.15, 0.2) is 0 Å². The van der Waals surface area contributed by atoms with Gasteiger partial charge in [0.05, 0.1) is 11.9 Å². The third-order valence-corrected chi connectivity index (χ3v) is 0. The summed E-state index contributed by atoms with van der Waals surface area (Å²) in [6.45, 7) is 0. The Morgan fingerprint density at radius 3 is 0.714 bits per heavy atom. The van der Waals surface area contributed by atoms with Gasteiger partial charge in [-0.1, -0.05) is 0 Å². The molecule has 0 saturated carbocycles. The maximum absolute atomic E-state index is 6.47. The van der Waals surface area contributed by atoms with E-state index in [9.17, 15) is 0 Å². The SMILES string of the molecule is O.O.O.O.OCl.[CaH2]. The van der Waals surface area contributed by atoms with Crippen molar-refractivity contribution in [1.82, 2.24) is 0 Å². The van der Waals surface area contributed by atoms with Crippen LogP contribution in [0.25, 0.3) is 0 Å². The van der Waals surface area contributed by atoms with Crippen molar-refractivity contribution in [1.29, 1.82) is 0 Å². The van der Waals surface area contributed by atoms with Crippen LogP contribution in [0.5, 0.6) is 0 Å². The van der Waals surface area contributed by atoms with Crippen LogP contribution in [-0.2, 0) is 0 Å². The third kappa shape index (κ3) is 115. The molecule has 0 aliphatic heterocycles. The van der Waals surface area contributed by atoms with E-state index in [2.05, 4.69) is 11.9 Å². The summed E-state index contributed by atoms with van der Waals surface area (Å²) in [6, 6.07) is 0. The first-order chi connectivity index (χ1) is 1.00. The minimum absolute atomic E-state index is 0. The molecule has 0 heterocycles. The summed E-state index contributed by atoms with van der Waals surface area (Å²) in [5, 5.41) is 0. The van der Waals surface area contributed by atoms with Crippen molar-refractivity contribution in [2.45, 2.75) is 0 Å². The summed E-state index contributed by atoms with van der Waals surface area (Å²) >= 11 is 3.64. The summed E-state index contributed by atoms with van der Waals surface area (Å²) in [5.74, 6) is 0. The van der Waals surface area contributed by atoms with Crippen molar-refractivity contribution in [2.24, 2.45) is 0 Å². The summed E-state index contributed by atoms with van der Waals surface area (Å²) in [6.07, 6.45) is 0. The van der Waals surface area contributed by atoms with Gasteiger partial charge in [-0.2, -0.15) is 0 Å². The standard InChI is InChI=1S/Ca.ClHO.4H2O.2H/c;1-2;;;;;;/h;2H;4*1H2;;. The Kier molecular flexibility index (Phi) is 1900. The van der Waals surface area contributed by atoms with Gasteiger partial charge in [-0.3, -0.25) is 4.66 Å². The van der Waals surface area contributed by atoms with Crippen molar-refractivity contribution in [3.05, 3.63) is 0 Å². The molecular weight excluding hydrogens is 156 g/mol. The second-order valence-electron chi connectivity index (χ2n) is 0. The van der Waals surface area contributed by atoms with Crippen molar-refractivity contribution in [3.63, 3.8) is 0 Å². The molecular formula is H11CaClO5. The predicted molar refractivity (Wildman–Crippen MR) is 31.1 cm³/mol. The topological polar surface area (TPSA) is 146 Å². The van der Waals surface area contributed by atoms with E-state index < -0.39 is 0 Å². The molecule has 0 saturated heterocycles. The molecule has 0 aromatic rings. The second-order valence-corrected chi connectivity index (χ2v) is 0. The summed E-state index contributed by atoms with van der Waals surface area (Å²) in [5.41, 5.74) is 0. The molecule has 0 unspecified atom stereocenters. The molecule has 0 fully saturated rings. The quantitative estimate of drug-likeness (QED) is 0.358. The summed E-state index contributed by atoms with van der Waals surface area (Å²) in [7, 11) is 0. The van der Waals surface area contributed by atoms with Crippen LogP contribution in [0.3, 0.4) is 0 Å². The monoisotopic (exact) mass is 166 g/mol. The van der Waals surface area contributed by atoms with Crippen LogP contribution >= 0.6 is 11.9 Å². The average molecular weight is 167 g/mol. The van der Waals surface area contributed by atoms with E-state index >= 15 is 0 Å². The van der Waals surface area contributed by atoms with Crippen LogP contribution in [0.15, 0.2) is 0 Å². The fourth-order valence-corrected chi connectivity index (χ4v) is 0. The molecule has 9 N–H and O–H groups in total. The predicted octanol–water partition coefficient (Wildman–Crippen LogP) is -4.08.